The summed E-state index contributed by atoms with van der Waals surface area (Å²) < 4.78 is 10.4. The summed E-state index contributed by atoms with van der Waals surface area (Å²) in [4.78, 5) is 61.5. The van der Waals surface area contributed by atoms with Crippen LogP contribution in [-0.2, 0) is 25.7 Å². The van der Waals surface area contributed by atoms with Gasteiger partial charge in [-0.3, -0.25) is 30.7 Å². The van der Waals surface area contributed by atoms with Crippen LogP contribution in [0.2, 0.25) is 0 Å². The van der Waals surface area contributed by atoms with E-state index in [9.17, 15) is 19.2 Å². The third kappa shape index (κ3) is 10.0. The van der Waals surface area contributed by atoms with E-state index in [4.69, 9.17) is 19.7 Å². The van der Waals surface area contributed by atoms with E-state index in [0.29, 0.717) is 19.4 Å². The number of benzene rings is 1. The number of amidine groups is 1. The predicted octanol–water partition coefficient (Wildman–Crippen LogP) is 3.28. The predicted molar refractivity (Wildman–Crippen MR) is 154 cm³/mol. The number of nitrogens with one attached hydrogen (secondary N) is 4. The second-order valence-corrected chi connectivity index (χ2v) is 12.0. The number of ether oxygens (including phenoxy) is 2. The molecule has 3 rings (SSSR count). The lowest BCUT2D eigenvalue weighted by atomic mass is 10.00. The van der Waals surface area contributed by atoms with Crippen molar-refractivity contribution in [1.29, 1.82) is 5.41 Å². The van der Waals surface area contributed by atoms with Crippen molar-refractivity contribution in [2.45, 2.75) is 90.7 Å². The summed E-state index contributed by atoms with van der Waals surface area (Å²) in [7, 11) is 0. The summed E-state index contributed by atoms with van der Waals surface area (Å²) in [5.74, 6) is -0.860. The van der Waals surface area contributed by atoms with Gasteiger partial charge in [0.2, 0.25) is 11.9 Å². The summed E-state index contributed by atoms with van der Waals surface area (Å²) in [5.41, 5.74) is -0.642. The van der Waals surface area contributed by atoms with Gasteiger partial charge in [-0.2, -0.15) is 5.06 Å². The molecule has 2 aliphatic heterocycles. The second-order valence-electron chi connectivity index (χ2n) is 12.0. The van der Waals surface area contributed by atoms with E-state index in [1.807, 2.05) is 30.3 Å². The van der Waals surface area contributed by atoms with Crippen LogP contribution < -0.4 is 16.0 Å². The maximum Gasteiger partial charge on any atom is 0.414 e. The highest BCUT2D eigenvalue weighted by Gasteiger charge is 2.47. The third-order valence-corrected chi connectivity index (χ3v) is 5.99. The largest absolute Gasteiger partial charge is 0.444 e. The molecule has 14 nitrogen and oxygen atoms in total. The molecule has 14 heteroatoms. The first-order chi connectivity index (χ1) is 19.6. The monoisotopic (exact) mass is 587 g/mol. The van der Waals surface area contributed by atoms with Crippen LogP contribution in [0.1, 0.15) is 66.4 Å². The minimum atomic E-state index is -0.851. The highest BCUT2D eigenvalue weighted by Crippen LogP contribution is 2.30. The number of fused-ring (bicyclic) bond motifs is 2. The Hall–Kier alpha value is -4.20. The van der Waals surface area contributed by atoms with Gasteiger partial charge in [-0.1, -0.05) is 30.3 Å². The molecular formula is C28H41N7O7. The Kier molecular flexibility index (Phi) is 10.5. The van der Waals surface area contributed by atoms with Crippen molar-refractivity contribution in [2.75, 3.05) is 13.1 Å². The molecule has 2 saturated heterocycles. The van der Waals surface area contributed by atoms with E-state index in [1.165, 1.54) is 9.96 Å². The molecule has 2 bridgehead atoms. The molecule has 1 aromatic carbocycles. The number of rotatable bonds is 7. The normalized spacial score (nSPS) is 18.2. The third-order valence-electron chi connectivity index (χ3n) is 5.99. The molecule has 0 saturated carbocycles. The molecule has 2 atom stereocenters. The lowest BCUT2D eigenvalue weighted by Crippen LogP contribution is -2.50. The number of hydrogen-bond acceptors (Lipinski definition) is 9. The Bertz CT molecular complexity index is 1160. The Labute approximate surface area is 245 Å². The minimum absolute atomic E-state index is 0.0975. The number of carbonyl (C=O) groups is 4. The van der Waals surface area contributed by atoms with Gasteiger partial charge in [0.1, 0.15) is 23.6 Å². The molecule has 0 aliphatic carbocycles. The standard InChI is InChI=1S/C28H41N7O7/c1-27(2,3)41-24(37)32-23(33-25(38)42-28(4,5)6)30-15-14-21(36)31-22(29)20-13-12-19-16-34(20)26(39)35(19)40-17-18-10-8-7-9-11-18/h7-11,19-20H,12-17H2,1-6H3,(H2,29,31,36)(H2,30,32,33,37,38)/t19-,20+/m1/s1. The van der Waals surface area contributed by atoms with Crippen LogP contribution in [-0.4, -0.2) is 82.3 Å². The first kappa shape index (κ1) is 32.3. The first-order valence-corrected chi connectivity index (χ1v) is 13.8. The number of guanidine groups is 1. The van der Waals surface area contributed by atoms with Crippen molar-refractivity contribution >= 4 is 35.9 Å². The lowest BCUT2D eigenvalue weighted by molar-refractivity contribution is -0.140. The molecule has 1 aromatic rings. The van der Waals surface area contributed by atoms with Gasteiger partial charge in [0.25, 0.3) is 0 Å². The summed E-state index contributed by atoms with van der Waals surface area (Å²) in [5, 5.41) is 17.1. The number of nitrogens with zero attached hydrogens (tertiary/aromatic N) is 3. The van der Waals surface area contributed by atoms with Gasteiger partial charge >= 0.3 is 18.2 Å². The molecule has 0 unspecified atom stereocenters. The second kappa shape index (κ2) is 13.6. The zero-order chi connectivity index (χ0) is 31.1. The first-order valence-electron chi connectivity index (χ1n) is 13.8. The van der Waals surface area contributed by atoms with Crippen LogP contribution in [0.25, 0.3) is 0 Å². The van der Waals surface area contributed by atoms with Crippen molar-refractivity contribution in [2.24, 2.45) is 4.99 Å². The Morgan fingerprint density at radius 2 is 1.55 bits per heavy atom. The summed E-state index contributed by atoms with van der Waals surface area (Å²) in [6.07, 6.45) is -0.733. The van der Waals surface area contributed by atoms with Gasteiger partial charge in [0.15, 0.2) is 0 Å². The average Bonchev–Trinajstić information content (AvgIpc) is 3.09. The van der Waals surface area contributed by atoms with Crippen molar-refractivity contribution in [3.8, 4) is 0 Å². The zero-order valence-corrected chi connectivity index (χ0v) is 25.0. The molecule has 0 spiro atoms. The number of amides is 5. The smallest absolute Gasteiger partial charge is 0.414 e. The number of carbonyl (C=O) groups excluding carboxylic acids is 4. The van der Waals surface area contributed by atoms with Crippen molar-refractivity contribution in [3.05, 3.63) is 35.9 Å². The fraction of sp³-hybridized carbons (Fsp3) is 0.571. The van der Waals surface area contributed by atoms with Crippen LogP contribution in [0.5, 0.6) is 0 Å². The zero-order valence-electron chi connectivity index (χ0n) is 25.0. The van der Waals surface area contributed by atoms with E-state index < -0.39 is 35.3 Å². The Balaban J connectivity index is 1.53. The van der Waals surface area contributed by atoms with Gasteiger partial charge in [-0.05, 0) is 59.9 Å². The van der Waals surface area contributed by atoms with Crippen molar-refractivity contribution in [3.63, 3.8) is 0 Å². The summed E-state index contributed by atoms with van der Waals surface area (Å²) in [6.45, 7) is 10.6. The van der Waals surface area contributed by atoms with Crippen LogP contribution in [0.15, 0.2) is 35.3 Å². The molecule has 5 amide bonds. The van der Waals surface area contributed by atoms with Crippen LogP contribution in [0.4, 0.5) is 14.4 Å². The van der Waals surface area contributed by atoms with E-state index in [2.05, 4.69) is 20.9 Å². The number of hydroxylamine groups is 2. The quantitative estimate of drug-likeness (QED) is 0.280. The topological polar surface area (TPSA) is 175 Å². The van der Waals surface area contributed by atoms with Gasteiger partial charge in [0, 0.05) is 13.0 Å². The molecule has 230 valence electrons. The number of piperidine rings is 1. The highest BCUT2D eigenvalue weighted by atomic mass is 16.7. The number of aliphatic imine (C=N–C) groups is 1. The fourth-order valence-corrected chi connectivity index (χ4v) is 4.29. The molecule has 42 heavy (non-hydrogen) atoms. The maximum absolute atomic E-state index is 13.0. The molecular weight excluding hydrogens is 546 g/mol. The Morgan fingerprint density at radius 3 is 2.12 bits per heavy atom. The minimum Gasteiger partial charge on any atom is -0.444 e. The van der Waals surface area contributed by atoms with E-state index >= 15 is 0 Å². The van der Waals surface area contributed by atoms with E-state index in [0.717, 1.165) is 5.56 Å². The molecule has 0 aromatic heterocycles. The average molecular weight is 588 g/mol. The van der Waals surface area contributed by atoms with Crippen LogP contribution in [0.3, 0.4) is 0 Å². The van der Waals surface area contributed by atoms with Crippen LogP contribution in [0, 0.1) is 5.41 Å². The highest BCUT2D eigenvalue weighted by molar-refractivity contribution is 6.02. The molecule has 4 N–H and O–H groups in total. The lowest BCUT2D eigenvalue weighted by Gasteiger charge is -2.30. The number of hydrogen-bond donors (Lipinski definition) is 4. The number of urea groups is 1. The molecule has 2 heterocycles. The van der Waals surface area contributed by atoms with Gasteiger partial charge in [-0.25, -0.2) is 14.4 Å². The van der Waals surface area contributed by atoms with Gasteiger partial charge in [-0.15, -0.1) is 0 Å². The summed E-state index contributed by atoms with van der Waals surface area (Å²) in [6, 6.07) is 8.47. The van der Waals surface area contributed by atoms with Crippen molar-refractivity contribution < 1.29 is 33.5 Å². The maximum atomic E-state index is 13.0. The van der Waals surface area contributed by atoms with Gasteiger partial charge < -0.3 is 19.7 Å². The molecule has 2 fully saturated rings. The van der Waals surface area contributed by atoms with Gasteiger partial charge in [0.05, 0.1) is 18.6 Å². The molecule has 2 aliphatic rings. The SMILES string of the molecule is CC(C)(C)OC(=O)NC(=NCCC(=O)NC(=N)[C@@H]1CC[C@@H]2CN1C(=O)N2OCc1ccccc1)NC(=O)OC(C)(C)C. The molecule has 0 radical (unpaired) electrons. The number of alkyl carbamates (subject to hydrolysis) is 2. The van der Waals surface area contributed by atoms with E-state index in [1.54, 1.807) is 41.5 Å². The van der Waals surface area contributed by atoms with Crippen LogP contribution >= 0.6 is 0 Å². The summed E-state index contributed by atoms with van der Waals surface area (Å²) >= 11 is 0. The van der Waals surface area contributed by atoms with E-state index in [-0.39, 0.29) is 43.4 Å². The fourth-order valence-electron chi connectivity index (χ4n) is 4.29. The van der Waals surface area contributed by atoms with Crippen molar-refractivity contribution in [1.82, 2.24) is 25.9 Å². The Morgan fingerprint density at radius 1 is 0.952 bits per heavy atom.